The molecular formula is C15H16F2N2O2. The van der Waals surface area contributed by atoms with Crippen molar-refractivity contribution in [2.24, 2.45) is 0 Å². The van der Waals surface area contributed by atoms with E-state index in [1.807, 2.05) is 6.92 Å². The molecule has 1 saturated carbocycles. The molecule has 3 amide bonds. The maximum Gasteiger partial charge on any atom is 0.324 e. The average Bonchev–Trinajstić information content (AvgIpc) is 3.16. The van der Waals surface area contributed by atoms with Gasteiger partial charge in [-0.1, -0.05) is 13.0 Å². The molecule has 21 heavy (non-hydrogen) atoms. The highest BCUT2D eigenvalue weighted by molar-refractivity contribution is 6.04. The van der Waals surface area contributed by atoms with Gasteiger partial charge in [-0.25, -0.2) is 13.6 Å². The minimum absolute atomic E-state index is 0.150. The van der Waals surface area contributed by atoms with Gasteiger partial charge in [0.05, 0.1) is 0 Å². The summed E-state index contributed by atoms with van der Waals surface area (Å²) in [6.45, 7) is 1.97. The third-order valence-electron chi connectivity index (χ3n) is 4.33. The molecule has 1 aliphatic heterocycles. The zero-order chi connectivity index (χ0) is 15.2. The Hall–Kier alpha value is -1.98. The number of nitrogens with one attached hydrogen (secondary N) is 1. The molecule has 2 fully saturated rings. The Balaban J connectivity index is 1.84. The van der Waals surface area contributed by atoms with Crippen molar-refractivity contribution in [3.63, 3.8) is 0 Å². The lowest BCUT2D eigenvalue weighted by Crippen LogP contribution is -2.38. The lowest BCUT2D eigenvalue weighted by atomic mass is 9.94. The number of hydrogen-bond acceptors (Lipinski definition) is 2. The molecule has 3 rings (SSSR count). The molecule has 1 atom stereocenters. The van der Waals surface area contributed by atoms with Crippen LogP contribution in [0.2, 0.25) is 0 Å². The van der Waals surface area contributed by atoms with Gasteiger partial charge in [0.1, 0.15) is 17.7 Å². The van der Waals surface area contributed by atoms with E-state index in [1.54, 1.807) is 0 Å². The summed E-state index contributed by atoms with van der Waals surface area (Å²) in [5.41, 5.74) is -0.183. The Kier molecular flexibility index (Phi) is 3.19. The second-order valence-electron chi connectivity index (χ2n) is 5.74. The molecule has 1 saturated heterocycles. The van der Waals surface area contributed by atoms with E-state index in [9.17, 15) is 18.4 Å². The first-order valence-corrected chi connectivity index (χ1v) is 7.04. The summed E-state index contributed by atoms with van der Waals surface area (Å²) in [6.07, 6.45) is 1.89. The Morgan fingerprint density at radius 2 is 2.05 bits per heavy atom. The normalized spacial score (nSPS) is 23.4. The summed E-state index contributed by atoms with van der Waals surface area (Å²) in [4.78, 5) is 25.1. The van der Waals surface area contributed by atoms with Crippen molar-refractivity contribution in [1.29, 1.82) is 0 Å². The summed E-state index contributed by atoms with van der Waals surface area (Å²) in [5, 5.41) is 2.61. The maximum absolute atomic E-state index is 14.0. The molecule has 4 nitrogen and oxygen atoms in total. The first-order valence-electron chi connectivity index (χ1n) is 7.04. The highest BCUT2D eigenvalue weighted by Crippen LogP contribution is 2.50. The maximum atomic E-state index is 14.0. The predicted molar refractivity (Wildman–Crippen MR) is 71.6 cm³/mol. The van der Waals surface area contributed by atoms with Crippen LogP contribution in [0.15, 0.2) is 18.2 Å². The largest absolute Gasteiger partial charge is 0.326 e. The van der Waals surface area contributed by atoms with Crippen LogP contribution in [-0.2, 0) is 10.2 Å². The SMILES string of the molecule is CC[C@@H]1NC(=O)N(CC2(c3ccc(F)cc3F)CC2)C1=O. The first-order chi connectivity index (χ1) is 9.97. The molecule has 1 N–H and O–H groups in total. The van der Waals surface area contributed by atoms with Crippen LogP contribution in [0, 0.1) is 11.6 Å². The second-order valence-corrected chi connectivity index (χ2v) is 5.74. The number of amides is 3. The predicted octanol–water partition coefficient (Wildman–Crippen LogP) is 2.33. The van der Waals surface area contributed by atoms with Gasteiger partial charge in [-0.15, -0.1) is 0 Å². The van der Waals surface area contributed by atoms with E-state index in [2.05, 4.69) is 5.32 Å². The number of nitrogens with zero attached hydrogens (tertiary/aromatic N) is 1. The molecule has 0 spiro atoms. The molecule has 1 aromatic carbocycles. The molecule has 0 unspecified atom stereocenters. The van der Waals surface area contributed by atoms with E-state index in [1.165, 1.54) is 12.1 Å². The average molecular weight is 294 g/mol. The van der Waals surface area contributed by atoms with Gasteiger partial charge >= 0.3 is 6.03 Å². The summed E-state index contributed by atoms with van der Waals surface area (Å²) in [7, 11) is 0. The van der Waals surface area contributed by atoms with Crippen LogP contribution in [0.5, 0.6) is 0 Å². The molecule has 6 heteroatoms. The lowest BCUT2D eigenvalue weighted by molar-refractivity contribution is -0.127. The van der Waals surface area contributed by atoms with Crippen molar-refractivity contribution in [2.45, 2.75) is 37.6 Å². The minimum atomic E-state index is -0.631. The third-order valence-corrected chi connectivity index (χ3v) is 4.33. The molecule has 0 radical (unpaired) electrons. The highest BCUT2D eigenvalue weighted by atomic mass is 19.1. The molecule has 112 valence electrons. The minimum Gasteiger partial charge on any atom is -0.326 e. The van der Waals surface area contributed by atoms with Crippen LogP contribution in [-0.4, -0.2) is 29.4 Å². The van der Waals surface area contributed by atoms with Crippen molar-refractivity contribution < 1.29 is 18.4 Å². The van der Waals surface area contributed by atoms with Gasteiger partial charge in [-0.05, 0) is 30.9 Å². The molecule has 0 aromatic heterocycles. The van der Waals surface area contributed by atoms with Gasteiger partial charge in [-0.3, -0.25) is 9.69 Å². The monoisotopic (exact) mass is 294 g/mol. The zero-order valence-electron chi connectivity index (χ0n) is 11.7. The van der Waals surface area contributed by atoms with Crippen molar-refractivity contribution in [3.8, 4) is 0 Å². The van der Waals surface area contributed by atoms with Crippen molar-refractivity contribution in [2.75, 3.05) is 6.54 Å². The topological polar surface area (TPSA) is 49.4 Å². The standard InChI is InChI=1S/C15H16F2N2O2/c1-2-12-13(20)19(14(21)18-12)8-15(5-6-15)10-4-3-9(16)7-11(10)17/h3-4,7,12H,2,5-6,8H2,1H3,(H,18,21)/t12-/m0/s1. The van der Waals surface area contributed by atoms with E-state index in [-0.39, 0.29) is 12.5 Å². The zero-order valence-corrected chi connectivity index (χ0v) is 11.7. The number of carbonyl (C=O) groups is 2. The van der Waals surface area contributed by atoms with Crippen LogP contribution in [0.4, 0.5) is 13.6 Å². The smallest absolute Gasteiger partial charge is 0.324 e. The van der Waals surface area contributed by atoms with Gasteiger partial charge in [0.25, 0.3) is 5.91 Å². The van der Waals surface area contributed by atoms with Gasteiger partial charge in [0, 0.05) is 18.0 Å². The number of rotatable bonds is 4. The second kappa shape index (κ2) is 4.79. The van der Waals surface area contributed by atoms with Gasteiger partial charge in [0.2, 0.25) is 0 Å². The fourth-order valence-electron chi connectivity index (χ4n) is 2.89. The quantitative estimate of drug-likeness (QED) is 0.866. The van der Waals surface area contributed by atoms with E-state index in [0.29, 0.717) is 24.8 Å². The number of benzene rings is 1. The summed E-state index contributed by atoms with van der Waals surface area (Å²) in [6, 6.07) is 2.54. The third kappa shape index (κ3) is 2.28. The number of carbonyl (C=O) groups excluding carboxylic acids is 2. The number of imide groups is 1. The van der Waals surface area contributed by atoms with Gasteiger partial charge in [-0.2, -0.15) is 0 Å². The number of halogens is 2. The fourth-order valence-corrected chi connectivity index (χ4v) is 2.89. The van der Waals surface area contributed by atoms with E-state index in [4.69, 9.17) is 0 Å². The molecular weight excluding hydrogens is 278 g/mol. The van der Waals surface area contributed by atoms with Crippen LogP contribution in [0.25, 0.3) is 0 Å². The molecule has 2 aliphatic rings. The number of urea groups is 1. The number of hydrogen-bond donors (Lipinski definition) is 1. The summed E-state index contributed by atoms with van der Waals surface area (Å²) < 4.78 is 27.0. The first kappa shape index (κ1) is 14.0. The van der Waals surface area contributed by atoms with Crippen molar-refractivity contribution >= 4 is 11.9 Å². The Labute approximate surface area is 121 Å². The van der Waals surface area contributed by atoms with Crippen LogP contribution in [0.1, 0.15) is 31.7 Å². The van der Waals surface area contributed by atoms with E-state index >= 15 is 0 Å². The Morgan fingerprint density at radius 1 is 1.33 bits per heavy atom. The lowest BCUT2D eigenvalue weighted by Gasteiger charge is -2.22. The highest BCUT2D eigenvalue weighted by Gasteiger charge is 2.51. The van der Waals surface area contributed by atoms with E-state index < -0.39 is 29.1 Å². The van der Waals surface area contributed by atoms with Crippen molar-refractivity contribution in [1.82, 2.24) is 10.2 Å². The molecule has 1 heterocycles. The molecule has 1 aromatic rings. The molecule has 1 aliphatic carbocycles. The van der Waals surface area contributed by atoms with Crippen LogP contribution in [0.3, 0.4) is 0 Å². The fraction of sp³-hybridized carbons (Fsp3) is 0.467. The van der Waals surface area contributed by atoms with Crippen LogP contribution < -0.4 is 5.32 Å². The summed E-state index contributed by atoms with van der Waals surface area (Å²) in [5.74, 6) is -1.52. The van der Waals surface area contributed by atoms with Crippen LogP contribution >= 0.6 is 0 Å². The Morgan fingerprint density at radius 3 is 2.57 bits per heavy atom. The summed E-state index contributed by atoms with van der Waals surface area (Å²) >= 11 is 0. The molecule has 0 bridgehead atoms. The van der Waals surface area contributed by atoms with Gasteiger partial charge in [0.15, 0.2) is 0 Å². The van der Waals surface area contributed by atoms with Crippen molar-refractivity contribution in [3.05, 3.63) is 35.4 Å². The Bertz CT molecular complexity index is 614. The van der Waals surface area contributed by atoms with E-state index in [0.717, 1.165) is 11.0 Å². The van der Waals surface area contributed by atoms with Gasteiger partial charge < -0.3 is 5.32 Å².